The van der Waals surface area contributed by atoms with Gasteiger partial charge in [0.2, 0.25) is 0 Å². The molecule has 16 heavy (non-hydrogen) atoms. The fourth-order valence-electron chi connectivity index (χ4n) is 1.37. The third-order valence-electron chi connectivity index (χ3n) is 2.11. The number of hydrogen-bond acceptors (Lipinski definition) is 2. The Morgan fingerprint density at radius 3 is 2.25 bits per heavy atom. The molecule has 0 saturated heterocycles. The maximum absolute atomic E-state index is 9.39. The highest BCUT2D eigenvalue weighted by Gasteiger charge is 2.12. The number of nitrogens with zero attached hydrogens (tertiary/aromatic N) is 1. The van der Waals surface area contributed by atoms with Crippen LogP contribution in [-0.4, -0.2) is 16.7 Å². The highest BCUT2D eigenvalue weighted by Crippen LogP contribution is 2.33. The van der Waals surface area contributed by atoms with Crippen LogP contribution in [0.3, 0.4) is 0 Å². The summed E-state index contributed by atoms with van der Waals surface area (Å²) in [6.45, 7) is 3.49. The number of para-hydroxylation sites is 1. The van der Waals surface area contributed by atoms with Gasteiger partial charge in [0.15, 0.2) is 6.72 Å². The standard InChI is InChI=1S/C13H12NOS/c1-14(15)12-9-5-6-10-13(12)16-11-7-3-2-4-8-11/h2-10,15H,1H2/q+1. The summed E-state index contributed by atoms with van der Waals surface area (Å²) in [5.41, 5.74) is 0.705. The largest absolute Gasteiger partial charge is 0.285 e. The first-order chi connectivity index (χ1) is 7.77. The lowest BCUT2D eigenvalue weighted by Crippen LogP contribution is -1.94. The van der Waals surface area contributed by atoms with Gasteiger partial charge in [-0.15, -0.1) is 0 Å². The summed E-state index contributed by atoms with van der Waals surface area (Å²) in [5, 5.41) is 9.39. The Morgan fingerprint density at radius 2 is 1.56 bits per heavy atom. The van der Waals surface area contributed by atoms with Crippen molar-refractivity contribution in [2.45, 2.75) is 9.79 Å². The van der Waals surface area contributed by atoms with Gasteiger partial charge in [0.25, 0.3) is 5.69 Å². The van der Waals surface area contributed by atoms with E-state index in [1.54, 1.807) is 11.8 Å². The molecule has 0 aliphatic carbocycles. The molecule has 0 aliphatic rings. The normalized spacial score (nSPS) is 10.0. The molecule has 0 amide bonds. The van der Waals surface area contributed by atoms with Crippen LogP contribution in [0.2, 0.25) is 0 Å². The monoisotopic (exact) mass is 230 g/mol. The second-order valence-corrected chi connectivity index (χ2v) is 4.40. The van der Waals surface area contributed by atoms with Crippen LogP contribution >= 0.6 is 11.8 Å². The smallest absolute Gasteiger partial charge is 0.270 e. The van der Waals surface area contributed by atoms with E-state index in [1.807, 2.05) is 54.6 Å². The molecular formula is C13H12NOS+. The molecule has 2 aromatic carbocycles. The van der Waals surface area contributed by atoms with Crippen LogP contribution < -0.4 is 0 Å². The minimum absolute atomic E-state index is 0.705. The average Bonchev–Trinajstić information content (AvgIpc) is 2.31. The lowest BCUT2D eigenvalue weighted by atomic mass is 10.3. The Kier molecular flexibility index (Phi) is 3.27. The minimum Gasteiger partial charge on any atom is -0.285 e. The molecule has 3 heteroatoms. The van der Waals surface area contributed by atoms with Crippen molar-refractivity contribution in [3.63, 3.8) is 0 Å². The molecular weight excluding hydrogens is 218 g/mol. The second-order valence-electron chi connectivity index (χ2n) is 3.28. The third-order valence-corrected chi connectivity index (χ3v) is 3.19. The van der Waals surface area contributed by atoms with Crippen molar-refractivity contribution in [3.05, 3.63) is 54.6 Å². The molecule has 0 heterocycles. The molecule has 80 valence electrons. The predicted molar refractivity (Wildman–Crippen MR) is 65.8 cm³/mol. The van der Waals surface area contributed by atoms with Gasteiger partial charge < -0.3 is 0 Å². The van der Waals surface area contributed by atoms with E-state index in [1.165, 1.54) is 0 Å². The SMILES string of the molecule is C=[N+](O)c1ccccc1Sc1ccccc1. The van der Waals surface area contributed by atoms with Gasteiger partial charge in [0.05, 0.1) is 4.90 Å². The van der Waals surface area contributed by atoms with E-state index in [0.29, 0.717) is 5.69 Å². The van der Waals surface area contributed by atoms with Crippen LogP contribution in [0.15, 0.2) is 64.4 Å². The van der Waals surface area contributed by atoms with Crippen molar-refractivity contribution in [1.82, 2.24) is 0 Å². The summed E-state index contributed by atoms with van der Waals surface area (Å²) < 4.78 is 0.894. The van der Waals surface area contributed by atoms with Crippen LogP contribution in [0.25, 0.3) is 0 Å². The highest BCUT2D eigenvalue weighted by molar-refractivity contribution is 7.99. The van der Waals surface area contributed by atoms with Crippen molar-refractivity contribution >= 4 is 24.2 Å². The van der Waals surface area contributed by atoms with Gasteiger partial charge in [0.1, 0.15) is 0 Å². The van der Waals surface area contributed by atoms with E-state index in [9.17, 15) is 5.21 Å². The number of benzene rings is 2. The van der Waals surface area contributed by atoms with E-state index in [-0.39, 0.29) is 0 Å². The molecule has 0 spiro atoms. The molecule has 0 bridgehead atoms. The zero-order valence-electron chi connectivity index (χ0n) is 8.71. The lowest BCUT2D eigenvalue weighted by Gasteiger charge is -2.02. The first-order valence-electron chi connectivity index (χ1n) is 4.89. The Labute approximate surface area is 98.8 Å². The summed E-state index contributed by atoms with van der Waals surface area (Å²) in [6.07, 6.45) is 0. The summed E-state index contributed by atoms with van der Waals surface area (Å²) in [4.78, 5) is 2.11. The van der Waals surface area contributed by atoms with E-state index in [4.69, 9.17) is 0 Å². The van der Waals surface area contributed by atoms with Crippen molar-refractivity contribution in [1.29, 1.82) is 0 Å². The van der Waals surface area contributed by atoms with Crippen LogP contribution in [0, 0.1) is 0 Å². The molecule has 0 radical (unpaired) electrons. The van der Waals surface area contributed by atoms with Crippen molar-refractivity contribution in [2.24, 2.45) is 0 Å². The van der Waals surface area contributed by atoms with Crippen molar-refractivity contribution in [2.75, 3.05) is 0 Å². The fourth-order valence-corrected chi connectivity index (χ4v) is 2.34. The molecule has 2 nitrogen and oxygen atoms in total. The first kappa shape index (κ1) is 10.8. The second kappa shape index (κ2) is 4.86. The Hall–Kier alpha value is -1.74. The molecule has 0 aliphatic heterocycles. The topological polar surface area (TPSA) is 23.2 Å². The number of hydrogen-bond donors (Lipinski definition) is 1. The van der Waals surface area contributed by atoms with E-state index >= 15 is 0 Å². The molecule has 0 aromatic heterocycles. The molecule has 2 rings (SSSR count). The van der Waals surface area contributed by atoms with Gasteiger partial charge >= 0.3 is 0 Å². The third kappa shape index (κ3) is 2.44. The Morgan fingerprint density at radius 1 is 0.938 bits per heavy atom. The molecule has 0 saturated carbocycles. The summed E-state index contributed by atoms with van der Waals surface area (Å²) >= 11 is 1.60. The van der Waals surface area contributed by atoms with E-state index in [2.05, 4.69) is 6.72 Å². The average molecular weight is 230 g/mol. The maximum atomic E-state index is 9.39. The molecule has 0 atom stereocenters. The molecule has 0 unspecified atom stereocenters. The van der Waals surface area contributed by atoms with Crippen LogP contribution in [0.1, 0.15) is 0 Å². The minimum atomic E-state index is 0.705. The fraction of sp³-hybridized carbons (Fsp3) is 0. The number of rotatable bonds is 3. The lowest BCUT2D eigenvalue weighted by molar-refractivity contribution is -0.708. The quantitative estimate of drug-likeness (QED) is 0.377. The molecule has 0 fully saturated rings. The maximum Gasteiger partial charge on any atom is 0.270 e. The van der Waals surface area contributed by atoms with Gasteiger partial charge in [-0.25, -0.2) is 0 Å². The molecule has 1 N–H and O–H groups in total. The highest BCUT2D eigenvalue weighted by atomic mass is 32.2. The van der Waals surface area contributed by atoms with Crippen LogP contribution in [-0.2, 0) is 0 Å². The Balaban J connectivity index is 2.31. The van der Waals surface area contributed by atoms with Crippen molar-refractivity contribution in [3.8, 4) is 0 Å². The Bertz CT molecular complexity index is 496. The van der Waals surface area contributed by atoms with E-state index < -0.39 is 0 Å². The zero-order valence-corrected chi connectivity index (χ0v) is 9.52. The predicted octanol–water partition coefficient (Wildman–Crippen LogP) is 3.57. The van der Waals surface area contributed by atoms with Gasteiger partial charge in [-0.05, 0) is 18.2 Å². The van der Waals surface area contributed by atoms with Gasteiger partial charge in [-0.3, -0.25) is 5.21 Å². The van der Waals surface area contributed by atoms with E-state index in [0.717, 1.165) is 14.5 Å². The van der Waals surface area contributed by atoms with Gasteiger partial charge in [0, 0.05) is 15.7 Å². The molecule has 2 aromatic rings. The van der Waals surface area contributed by atoms with Gasteiger partial charge in [-0.2, -0.15) is 0 Å². The van der Waals surface area contributed by atoms with Crippen LogP contribution in [0.5, 0.6) is 0 Å². The summed E-state index contributed by atoms with van der Waals surface area (Å²) in [5.74, 6) is 0. The van der Waals surface area contributed by atoms with Crippen molar-refractivity contribution < 1.29 is 9.95 Å². The van der Waals surface area contributed by atoms with Crippen LogP contribution in [0.4, 0.5) is 5.69 Å². The summed E-state index contributed by atoms with van der Waals surface area (Å²) in [7, 11) is 0. The van der Waals surface area contributed by atoms with Gasteiger partial charge in [-0.1, -0.05) is 42.1 Å². The zero-order chi connectivity index (χ0) is 11.4. The first-order valence-corrected chi connectivity index (χ1v) is 5.70. The summed E-state index contributed by atoms with van der Waals surface area (Å²) in [6, 6.07) is 17.6.